The molecular weight excluding hydrogens is 565 g/mol. The standard InChI is InChI=1S/C22H23Cl2N5O4S3/c1-10(30)27-18-15(14-9-26-22(35-14)25-6-7-28(2)3)16(21(32)33)29-19(31)17(20(29)36-18)34-11-4-5-12(23)13(24)8-11/h4-5,8-9,17-18,20H,6-7H2,1-3H3,(H,25,26)(H,27,30)(H,32,33). The highest BCUT2D eigenvalue weighted by Gasteiger charge is 2.56. The highest BCUT2D eigenvalue weighted by molar-refractivity contribution is 8.05. The Morgan fingerprint density at radius 2 is 2.03 bits per heavy atom. The molecule has 3 atom stereocenters. The van der Waals surface area contributed by atoms with Crippen LogP contribution >= 0.6 is 58.1 Å². The summed E-state index contributed by atoms with van der Waals surface area (Å²) >= 11 is 16.0. The van der Waals surface area contributed by atoms with Crippen molar-refractivity contribution in [2.75, 3.05) is 32.5 Å². The number of benzene rings is 1. The lowest BCUT2D eigenvalue weighted by molar-refractivity contribution is -0.145. The van der Waals surface area contributed by atoms with Gasteiger partial charge in [0.15, 0.2) is 5.13 Å². The number of halogens is 2. The Morgan fingerprint density at radius 3 is 2.67 bits per heavy atom. The predicted molar refractivity (Wildman–Crippen MR) is 146 cm³/mol. The van der Waals surface area contributed by atoms with Crippen LogP contribution in [0.5, 0.6) is 0 Å². The van der Waals surface area contributed by atoms with E-state index in [0.717, 1.165) is 11.4 Å². The summed E-state index contributed by atoms with van der Waals surface area (Å²) < 4.78 is 0. The van der Waals surface area contributed by atoms with Gasteiger partial charge < -0.3 is 20.6 Å². The third-order valence-corrected chi connectivity index (χ3v) is 9.85. The molecule has 2 aliphatic heterocycles. The third kappa shape index (κ3) is 5.63. The molecule has 0 spiro atoms. The van der Waals surface area contributed by atoms with E-state index in [-0.39, 0.29) is 17.5 Å². The van der Waals surface area contributed by atoms with Gasteiger partial charge in [0.1, 0.15) is 21.7 Å². The van der Waals surface area contributed by atoms with Gasteiger partial charge in [-0.2, -0.15) is 0 Å². The van der Waals surface area contributed by atoms with Crippen molar-refractivity contribution in [2.45, 2.75) is 27.8 Å². The Kier molecular flexibility index (Phi) is 8.42. The lowest BCUT2D eigenvalue weighted by Gasteiger charge is -2.51. The van der Waals surface area contributed by atoms with Crippen molar-refractivity contribution in [3.8, 4) is 0 Å². The molecule has 2 amide bonds. The molecule has 1 aromatic carbocycles. The third-order valence-electron chi connectivity index (χ3n) is 5.33. The zero-order valence-corrected chi connectivity index (χ0v) is 23.4. The molecule has 0 bridgehead atoms. The highest BCUT2D eigenvalue weighted by atomic mass is 35.5. The second-order valence-corrected chi connectivity index (χ2v) is 12.5. The summed E-state index contributed by atoms with van der Waals surface area (Å²) in [6.07, 6.45) is 1.57. The SMILES string of the molecule is CC(=O)NC1SC2C(Sc3ccc(Cl)c(Cl)c3)C(=O)N2C(C(=O)O)=C1c1cnc(NCCN(C)C)s1. The molecule has 1 fully saturated rings. The van der Waals surface area contributed by atoms with E-state index in [0.29, 0.717) is 32.2 Å². The number of likely N-dealkylation sites (N-methyl/N-ethyl adjacent to an activating group) is 1. The number of fused-ring (bicyclic) bond motifs is 1. The molecule has 3 unspecified atom stereocenters. The van der Waals surface area contributed by atoms with E-state index in [4.69, 9.17) is 23.2 Å². The number of β-lactam (4-membered cyclic amide) rings is 1. The fourth-order valence-electron chi connectivity index (χ4n) is 3.70. The summed E-state index contributed by atoms with van der Waals surface area (Å²) in [5.74, 6) is -1.88. The number of aliphatic carboxylic acids is 1. The van der Waals surface area contributed by atoms with Gasteiger partial charge >= 0.3 is 5.97 Å². The van der Waals surface area contributed by atoms with Gasteiger partial charge in [0.2, 0.25) is 11.8 Å². The normalized spacial score (nSPS) is 21.3. The summed E-state index contributed by atoms with van der Waals surface area (Å²) in [4.78, 5) is 46.7. The first-order chi connectivity index (χ1) is 17.1. The van der Waals surface area contributed by atoms with Crippen molar-refractivity contribution in [3.63, 3.8) is 0 Å². The van der Waals surface area contributed by atoms with E-state index < -0.39 is 22.0 Å². The summed E-state index contributed by atoms with van der Waals surface area (Å²) in [6.45, 7) is 2.83. The number of carboxylic acids is 1. The van der Waals surface area contributed by atoms with E-state index in [2.05, 4.69) is 15.6 Å². The summed E-state index contributed by atoms with van der Waals surface area (Å²) in [5.41, 5.74) is 0.209. The minimum absolute atomic E-state index is 0.142. The van der Waals surface area contributed by atoms with Gasteiger partial charge in [0.25, 0.3) is 0 Å². The number of thiazole rings is 1. The van der Waals surface area contributed by atoms with Gasteiger partial charge in [-0.15, -0.1) is 23.5 Å². The molecule has 2 aliphatic rings. The minimum atomic E-state index is -1.24. The number of carboxylic acid groups (broad SMARTS) is 1. The number of amides is 2. The van der Waals surface area contributed by atoms with Crippen LogP contribution in [0.3, 0.4) is 0 Å². The number of thioether (sulfide) groups is 2. The van der Waals surface area contributed by atoms with Gasteiger partial charge in [0.05, 0.1) is 14.9 Å². The molecule has 1 saturated heterocycles. The maximum atomic E-state index is 13.2. The maximum absolute atomic E-state index is 13.2. The van der Waals surface area contributed by atoms with Crippen LogP contribution in [-0.4, -0.2) is 80.9 Å². The van der Waals surface area contributed by atoms with Gasteiger partial charge in [0, 0.05) is 36.7 Å². The Hall–Kier alpha value is -1.96. The van der Waals surface area contributed by atoms with E-state index >= 15 is 0 Å². The van der Waals surface area contributed by atoms with Crippen molar-refractivity contribution in [1.82, 2.24) is 20.1 Å². The van der Waals surface area contributed by atoms with Crippen molar-refractivity contribution < 1.29 is 19.5 Å². The summed E-state index contributed by atoms with van der Waals surface area (Å²) in [7, 11) is 3.92. The van der Waals surface area contributed by atoms with E-state index in [9.17, 15) is 19.5 Å². The first-order valence-corrected chi connectivity index (χ1v) is 14.2. The van der Waals surface area contributed by atoms with Crippen LogP contribution < -0.4 is 10.6 Å². The van der Waals surface area contributed by atoms with Crippen LogP contribution in [0.15, 0.2) is 35.0 Å². The molecule has 3 N–H and O–H groups in total. The maximum Gasteiger partial charge on any atom is 0.353 e. The van der Waals surface area contributed by atoms with Crippen LogP contribution in [-0.2, 0) is 14.4 Å². The van der Waals surface area contributed by atoms with Gasteiger partial charge in [-0.3, -0.25) is 14.5 Å². The Morgan fingerprint density at radius 1 is 1.28 bits per heavy atom. The fourth-order valence-corrected chi connectivity index (χ4v) is 7.97. The lowest BCUT2D eigenvalue weighted by Crippen LogP contribution is -2.65. The van der Waals surface area contributed by atoms with Crippen LogP contribution in [0.25, 0.3) is 5.57 Å². The number of carbonyl (C=O) groups excluding carboxylic acids is 2. The molecule has 0 radical (unpaired) electrons. The molecule has 192 valence electrons. The average Bonchev–Trinajstić information content (AvgIpc) is 3.26. The lowest BCUT2D eigenvalue weighted by atomic mass is 10.0. The number of nitrogens with one attached hydrogen (secondary N) is 2. The number of hydrogen-bond donors (Lipinski definition) is 3. The second-order valence-electron chi connectivity index (χ2n) is 8.26. The van der Waals surface area contributed by atoms with Crippen molar-refractivity contribution >= 4 is 86.6 Å². The summed E-state index contributed by atoms with van der Waals surface area (Å²) in [5, 5.41) is 15.9. The van der Waals surface area contributed by atoms with Crippen molar-refractivity contribution in [2.24, 2.45) is 0 Å². The minimum Gasteiger partial charge on any atom is -0.477 e. The van der Waals surface area contributed by atoms with E-state index in [1.807, 2.05) is 19.0 Å². The Bertz CT molecular complexity index is 1240. The molecule has 0 saturated carbocycles. The predicted octanol–water partition coefficient (Wildman–Crippen LogP) is 3.76. The number of anilines is 1. The highest BCUT2D eigenvalue weighted by Crippen LogP contribution is 2.52. The quantitative estimate of drug-likeness (QED) is 0.377. The van der Waals surface area contributed by atoms with E-state index in [1.165, 1.54) is 46.7 Å². The molecule has 4 rings (SSSR count). The first-order valence-electron chi connectivity index (χ1n) is 10.8. The molecule has 3 heterocycles. The fraction of sp³-hybridized carbons (Fsp3) is 0.364. The van der Waals surface area contributed by atoms with Gasteiger partial charge in [-0.05, 0) is 32.3 Å². The van der Waals surface area contributed by atoms with Gasteiger partial charge in [-0.25, -0.2) is 9.78 Å². The van der Waals surface area contributed by atoms with Crippen LogP contribution in [0.1, 0.15) is 11.8 Å². The molecule has 2 aromatic rings. The topological polar surface area (TPSA) is 115 Å². The molecule has 9 nitrogen and oxygen atoms in total. The zero-order chi connectivity index (χ0) is 26.1. The first kappa shape index (κ1) is 27.1. The largest absolute Gasteiger partial charge is 0.477 e. The Labute approximate surface area is 230 Å². The van der Waals surface area contributed by atoms with Crippen molar-refractivity contribution in [3.05, 3.63) is 45.0 Å². The molecule has 14 heteroatoms. The van der Waals surface area contributed by atoms with Crippen LogP contribution in [0, 0.1) is 0 Å². The zero-order valence-electron chi connectivity index (χ0n) is 19.4. The van der Waals surface area contributed by atoms with E-state index in [1.54, 1.807) is 24.4 Å². The molecule has 1 aromatic heterocycles. The van der Waals surface area contributed by atoms with Crippen molar-refractivity contribution in [1.29, 1.82) is 0 Å². The average molecular weight is 589 g/mol. The molecule has 0 aliphatic carbocycles. The Balaban J connectivity index is 1.66. The smallest absolute Gasteiger partial charge is 0.353 e. The number of aromatic nitrogens is 1. The van der Waals surface area contributed by atoms with Crippen LogP contribution in [0.4, 0.5) is 5.13 Å². The van der Waals surface area contributed by atoms with Gasteiger partial charge in [-0.1, -0.05) is 34.5 Å². The second kappa shape index (κ2) is 11.2. The molecule has 36 heavy (non-hydrogen) atoms. The van der Waals surface area contributed by atoms with Crippen LogP contribution in [0.2, 0.25) is 10.0 Å². The number of carbonyl (C=O) groups is 3. The monoisotopic (exact) mass is 587 g/mol. The number of nitrogens with zero attached hydrogens (tertiary/aromatic N) is 3. The summed E-state index contributed by atoms with van der Waals surface area (Å²) in [6, 6.07) is 5.08. The number of rotatable bonds is 9. The number of hydrogen-bond acceptors (Lipinski definition) is 9. The molecular formula is C22H23Cl2N5O4S3.